The molecule has 0 aliphatic heterocycles. The summed E-state index contributed by atoms with van der Waals surface area (Å²) in [7, 11) is 0. The molecule has 0 fully saturated rings. The van der Waals surface area contributed by atoms with Gasteiger partial charge < -0.3 is 4.74 Å². The van der Waals surface area contributed by atoms with Gasteiger partial charge in [-0.15, -0.1) is 0 Å². The zero-order valence-corrected chi connectivity index (χ0v) is 20.1. The summed E-state index contributed by atoms with van der Waals surface area (Å²) in [5.41, 5.74) is 0. The number of hydrogen-bond donors (Lipinski definition) is 0. The van der Waals surface area contributed by atoms with Gasteiger partial charge in [-0.25, -0.2) is 0 Å². The van der Waals surface area contributed by atoms with Crippen LogP contribution in [0.3, 0.4) is 0 Å². The minimum absolute atomic E-state index is 0.995. The Bertz CT molecular complexity index is 225. The molecule has 0 saturated carbocycles. The van der Waals surface area contributed by atoms with Crippen LogP contribution in [0.15, 0.2) is 0 Å². The normalized spacial score (nSPS) is 11.4. The second kappa shape index (κ2) is 27.0. The van der Waals surface area contributed by atoms with Crippen molar-refractivity contribution in [3.63, 3.8) is 0 Å². The first-order valence-corrected chi connectivity index (χ1v) is 13.5. The number of hydrogen-bond acceptors (Lipinski definition) is 1. The largest absolute Gasteiger partial charge is 0.381 e. The van der Waals surface area contributed by atoms with Crippen LogP contribution in [0.1, 0.15) is 162 Å². The minimum Gasteiger partial charge on any atom is -0.381 e. The van der Waals surface area contributed by atoms with Crippen molar-refractivity contribution in [3.8, 4) is 0 Å². The van der Waals surface area contributed by atoms with Gasteiger partial charge in [-0.05, 0) is 12.8 Å². The van der Waals surface area contributed by atoms with Gasteiger partial charge in [-0.3, -0.25) is 0 Å². The fourth-order valence-electron chi connectivity index (χ4n) is 4.02. The van der Waals surface area contributed by atoms with Gasteiger partial charge in [0.15, 0.2) is 0 Å². The van der Waals surface area contributed by atoms with Crippen molar-refractivity contribution in [3.05, 3.63) is 0 Å². The Kier molecular flexibility index (Phi) is 26.9. The van der Waals surface area contributed by atoms with E-state index in [4.69, 9.17) is 4.74 Å². The molecular formula is C27H56O. The average molecular weight is 397 g/mol. The van der Waals surface area contributed by atoms with Crippen LogP contribution >= 0.6 is 0 Å². The van der Waals surface area contributed by atoms with Crippen LogP contribution in [0.4, 0.5) is 0 Å². The second-order valence-electron chi connectivity index (χ2n) is 9.04. The lowest BCUT2D eigenvalue weighted by atomic mass is 10.0. The van der Waals surface area contributed by atoms with Crippen LogP contribution in [-0.4, -0.2) is 13.2 Å². The summed E-state index contributed by atoms with van der Waals surface area (Å²) in [5.74, 6) is 0. The van der Waals surface area contributed by atoms with E-state index in [0.717, 1.165) is 13.2 Å². The molecule has 0 bridgehead atoms. The molecule has 0 saturated heterocycles. The molecule has 0 aromatic rings. The van der Waals surface area contributed by atoms with Crippen molar-refractivity contribution in [2.75, 3.05) is 13.2 Å². The van der Waals surface area contributed by atoms with Crippen molar-refractivity contribution in [1.82, 2.24) is 0 Å². The first-order chi connectivity index (χ1) is 13.9. The molecule has 0 N–H and O–H groups in total. The Morgan fingerprint density at radius 2 is 0.500 bits per heavy atom. The molecule has 0 aromatic carbocycles. The van der Waals surface area contributed by atoms with Crippen LogP contribution < -0.4 is 0 Å². The van der Waals surface area contributed by atoms with Crippen LogP contribution in [-0.2, 0) is 4.74 Å². The Morgan fingerprint density at radius 3 is 0.750 bits per heavy atom. The zero-order chi connectivity index (χ0) is 20.4. The van der Waals surface area contributed by atoms with Crippen LogP contribution in [0.5, 0.6) is 0 Å². The molecule has 0 unspecified atom stereocenters. The number of ether oxygens (including phenoxy) is 1. The van der Waals surface area contributed by atoms with Gasteiger partial charge in [0, 0.05) is 13.2 Å². The number of rotatable bonds is 25. The molecule has 0 aliphatic rings. The lowest BCUT2D eigenvalue weighted by molar-refractivity contribution is 0.125. The molecule has 0 aliphatic carbocycles. The van der Waals surface area contributed by atoms with Crippen LogP contribution in [0.2, 0.25) is 0 Å². The standard InChI is InChI=1S/C27H56O/c1-3-5-7-9-11-13-15-16-17-19-21-23-25-27-28-26-24-22-20-18-14-12-10-8-6-4-2/h3-27H2,1-2H3. The van der Waals surface area contributed by atoms with Crippen molar-refractivity contribution in [1.29, 1.82) is 0 Å². The monoisotopic (exact) mass is 396 g/mol. The molecule has 0 heterocycles. The lowest BCUT2D eigenvalue weighted by Gasteiger charge is -2.05. The quantitative estimate of drug-likeness (QED) is 0.139. The van der Waals surface area contributed by atoms with Crippen molar-refractivity contribution in [2.24, 2.45) is 0 Å². The van der Waals surface area contributed by atoms with E-state index in [0.29, 0.717) is 0 Å². The maximum atomic E-state index is 5.81. The molecule has 0 radical (unpaired) electrons. The van der Waals surface area contributed by atoms with E-state index < -0.39 is 0 Å². The Morgan fingerprint density at radius 1 is 0.286 bits per heavy atom. The van der Waals surface area contributed by atoms with Gasteiger partial charge in [0.25, 0.3) is 0 Å². The Hall–Kier alpha value is -0.0400. The molecular weight excluding hydrogens is 340 g/mol. The van der Waals surface area contributed by atoms with E-state index in [1.807, 2.05) is 0 Å². The summed E-state index contributed by atoms with van der Waals surface area (Å²) in [6.07, 6.45) is 32.6. The second-order valence-corrected chi connectivity index (χ2v) is 9.04. The van der Waals surface area contributed by atoms with Gasteiger partial charge >= 0.3 is 0 Å². The van der Waals surface area contributed by atoms with Crippen LogP contribution in [0.25, 0.3) is 0 Å². The lowest BCUT2D eigenvalue weighted by Crippen LogP contribution is -1.97. The van der Waals surface area contributed by atoms with Gasteiger partial charge in [-0.1, -0.05) is 149 Å². The highest BCUT2D eigenvalue weighted by Gasteiger charge is 1.95. The van der Waals surface area contributed by atoms with Crippen LogP contribution in [0, 0.1) is 0 Å². The van der Waals surface area contributed by atoms with Gasteiger partial charge in [0.05, 0.1) is 0 Å². The SMILES string of the molecule is CCCCCCCCCCCCCCCOCCCCCCCCCCCC. The highest BCUT2D eigenvalue weighted by atomic mass is 16.5. The molecule has 0 aromatic heterocycles. The fourth-order valence-corrected chi connectivity index (χ4v) is 4.02. The topological polar surface area (TPSA) is 9.23 Å². The summed E-state index contributed by atoms with van der Waals surface area (Å²) in [5, 5.41) is 0. The van der Waals surface area contributed by atoms with E-state index in [2.05, 4.69) is 13.8 Å². The van der Waals surface area contributed by atoms with Gasteiger partial charge in [-0.2, -0.15) is 0 Å². The summed E-state index contributed by atoms with van der Waals surface area (Å²) in [6, 6.07) is 0. The third kappa shape index (κ3) is 26.0. The average Bonchev–Trinajstić information content (AvgIpc) is 2.71. The highest BCUT2D eigenvalue weighted by molar-refractivity contribution is 4.50. The number of unbranched alkanes of at least 4 members (excludes halogenated alkanes) is 21. The molecule has 28 heavy (non-hydrogen) atoms. The van der Waals surface area contributed by atoms with Gasteiger partial charge in [0.1, 0.15) is 0 Å². The maximum absolute atomic E-state index is 5.81. The molecule has 0 rings (SSSR count). The minimum atomic E-state index is 0.995. The molecule has 0 amide bonds. The zero-order valence-electron chi connectivity index (χ0n) is 20.1. The molecule has 0 atom stereocenters. The van der Waals surface area contributed by atoms with E-state index in [1.165, 1.54) is 148 Å². The first kappa shape index (κ1) is 28.0. The Labute approximate surface area is 179 Å². The summed E-state index contributed by atoms with van der Waals surface area (Å²) in [4.78, 5) is 0. The van der Waals surface area contributed by atoms with Crippen molar-refractivity contribution in [2.45, 2.75) is 162 Å². The van der Waals surface area contributed by atoms with Crippen molar-refractivity contribution >= 4 is 0 Å². The fraction of sp³-hybridized carbons (Fsp3) is 1.00. The molecule has 0 spiro atoms. The molecule has 170 valence electrons. The van der Waals surface area contributed by atoms with E-state index in [1.54, 1.807) is 0 Å². The van der Waals surface area contributed by atoms with Crippen molar-refractivity contribution < 1.29 is 4.74 Å². The predicted molar refractivity (Wildman–Crippen MR) is 128 cm³/mol. The first-order valence-electron chi connectivity index (χ1n) is 13.5. The summed E-state index contributed by atoms with van der Waals surface area (Å²) in [6.45, 7) is 6.58. The third-order valence-electron chi connectivity index (χ3n) is 6.03. The van der Waals surface area contributed by atoms with E-state index >= 15 is 0 Å². The van der Waals surface area contributed by atoms with E-state index in [-0.39, 0.29) is 0 Å². The Balaban J connectivity index is 2.96. The molecule has 1 nitrogen and oxygen atoms in total. The summed E-state index contributed by atoms with van der Waals surface area (Å²) >= 11 is 0. The highest BCUT2D eigenvalue weighted by Crippen LogP contribution is 2.13. The third-order valence-corrected chi connectivity index (χ3v) is 6.03. The van der Waals surface area contributed by atoms with Gasteiger partial charge in [0.2, 0.25) is 0 Å². The summed E-state index contributed by atoms with van der Waals surface area (Å²) < 4.78 is 5.81. The van der Waals surface area contributed by atoms with E-state index in [9.17, 15) is 0 Å². The predicted octanol–water partition coefficient (Wildman–Crippen LogP) is 10.0. The molecule has 1 heteroatoms. The maximum Gasteiger partial charge on any atom is 0.0466 e. The smallest absolute Gasteiger partial charge is 0.0466 e.